The molecule has 1 atom stereocenters. The molecular weight excluding hydrogens is 334 g/mol. The third-order valence-corrected chi connectivity index (χ3v) is 5.69. The maximum atomic E-state index is 12.8. The lowest BCUT2D eigenvalue weighted by Crippen LogP contribution is -2.31. The summed E-state index contributed by atoms with van der Waals surface area (Å²) in [4.78, 5) is 14.8. The van der Waals surface area contributed by atoms with Crippen molar-refractivity contribution < 1.29 is 14.3 Å². The van der Waals surface area contributed by atoms with Gasteiger partial charge in [0.25, 0.3) is 0 Å². The molecule has 1 heterocycles. The van der Waals surface area contributed by atoms with Gasteiger partial charge in [0.1, 0.15) is 16.9 Å². The quantitative estimate of drug-likeness (QED) is 0.815. The van der Waals surface area contributed by atoms with Crippen molar-refractivity contribution in [3.63, 3.8) is 0 Å². The Labute approximate surface area is 153 Å². The Bertz CT molecular complexity index is 745. The largest absolute Gasteiger partial charge is 0.497 e. The summed E-state index contributed by atoms with van der Waals surface area (Å²) in [7, 11) is 3.32. The van der Waals surface area contributed by atoms with Crippen LogP contribution in [0.1, 0.15) is 22.1 Å². The lowest BCUT2D eigenvalue weighted by Gasteiger charge is -2.24. The topological polar surface area (TPSA) is 38.8 Å². The van der Waals surface area contributed by atoms with Crippen molar-refractivity contribution in [2.75, 3.05) is 26.5 Å². The van der Waals surface area contributed by atoms with Crippen LogP contribution < -0.4 is 9.47 Å². The first-order valence-corrected chi connectivity index (χ1v) is 9.36. The first-order valence-electron chi connectivity index (χ1n) is 8.31. The van der Waals surface area contributed by atoms with Gasteiger partial charge in [-0.1, -0.05) is 24.3 Å². The fourth-order valence-electron chi connectivity index (χ4n) is 3.10. The molecule has 0 N–H and O–H groups in total. The SMILES string of the molecule is COc1ccc(C2SCCN2C(=O)Cc2ccc(OC)c(C)c2)cc1. The highest BCUT2D eigenvalue weighted by Gasteiger charge is 2.30. The van der Waals surface area contributed by atoms with Gasteiger partial charge in [-0.05, 0) is 41.8 Å². The van der Waals surface area contributed by atoms with Crippen molar-refractivity contribution in [1.82, 2.24) is 4.90 Å². The number of hydrogen-bond donors (Lipinski definition) is 0. The van der Waals surface area contributed by atoms with Crippen molar-refractivity contribution >= 4 is 17.7 Å². The highest BCUT2D eigenvalue weighted by molar-refractivity contribution is 7.99. The maximum absolute atomic E-state index is 12.8. The zero-order valence-electron chi connectivity index (χ0n) is 14.8. The van der Waals surface area contributed by atoms with Gasteiger partial charge in [-0.3, -0.25) is 4.79 Å². The Morgan fingerprint density at radius 3 is 2.56 bits per heavy atom. The summed E-state index contributed by atoms with van der Waals surface area (Å²) in [6, 6.07) is 13.9. The summed E-state index contributed by atoms with van der Waals surface area (Å²) >= 11 is 1.81. The normalized spacial score (nSPS) is 16.8. The number of aryl methyl sites for hydroxylation is 1. The molecule has 2 aromatic carbocycles. The second-order valence-electron chi connectivity index (χ2n) is 6.06. The average Bonchev–Trinajstić information content (AvgIpc) is 3.12. The number of carbonyl (C=O) groups excluding carboxylic acids is 1. The summed E-state index contributed by atoms with van der Waals surface area (Å²) in [5, 5.41) is 0.0813. The van der Waals surface area contributed by atoms with Crippen molar-refractivity contribution in [2.24, 2.45) is 0 Å². The van der Waals surface area contributed by atoms with E-state index in [0.717, 1.165) is 40.5 Å². The van der Waals surface area contributed by atoms with Crippen molar-refractivity contribution in [3.05, 3.63) is 59.2 Å². The molecule has 0 saturated carbocycles. The van der Waals surface area contributed by atoms with Crippen LogP contribution in [-0.2, 0) is 11.2 Å². The molecule has 25 heavy (non-hydrogen) atoms. The Kier molecular flexibility index (Phi) is 5.53. The van der Waals surface area contributed by atoms with E-state index >= 15 is 0 Å². The molecule has 0 aliphatic carbocycles. The number of carbonyl (C=O) groups is 1. The molecule has 1 aliphatic rings. The monoisotopic (exact) mass is 357 g/mol. The second-order valence-corrected chi connectivity index (χ2v) is 7.25. The van der Waals surface area contributed by atoms with Crippen LogP contribution in [0, 0.1) is 6.92 Å². The van der Waals surface area contributed by atoms with Crippen LogP contribution in [0.4, 0.5) is 0 Å². The first kappa shape index (κ1) is 17.7. The van der Waals surface area contributed by atoms with E-state index in [1.165, 1.54) is 0 Å². The molecule has 1 saturated heterocycles. The van der Waals surface area contributed by atoms with Crippen LogP contribution in [0.5, 0.6) is 11.5 Å². The Morgan fingerprint density at radius 1 is 1.16 bits per heavy atom. The minimum atomic E-state index is 0.0813. The van der Waals surface area contributed by atoms with Gasteiger partial charge in [0.2, 0.25) is 5.91 Å². The molecule has 5 heteroatoms. The third-order valence-electron chi connectivity index (χ3n) is 4.43. The minimum Gasteiger partial charge on any atom is -0.497 e. The first-order chi connectivity index (χ1) is 12.1. The van der Waals surface area contributed by atoms with E-state index in [1.807, 2.05) is 66.1 Å². The zero-order chi connectivity index (χ0) is 17.8. The van der Waals surface area contributed by atoms with Crippen molar-refractivity contribution in [2.45, 2.75) is 18.7 Å². The Morgan fingerprint density at radius 2 is 1.92 bits per heavy atom. The van der Waals surface area contributed by atoms with Crippen LogP contribution in [0.3, 0.4) is 0 Å². The van der Waals surface area contributed by atoms with Gasteiger partial charge >= 0.3 is 0 Å². The average molecular weight is 357 g/mol. The summed E-state index contributed by atoms with van der Waals surface area (Å²) in [5.41, 5.74) is 3.21. The predicted octanol–water partition coefficient (Wildman–Crippen LogP) is 3.83. The Balaban J connectivity index is 1.72. The lowest BCUT2D eigenvalue weighted by atomic mass is 10.1. The lowest BCUT2D eigenvalue weighted by molar-refractivity contribution is -0.130. The minimum absolute atomic E-state index is 0.0813. The predicted molar refractivity (Wildman–Crippen MR) is 101 cm³/mol. The third kappa shape index (κ3) is 3.93. The smallest absolute Gasteiger partial charge is 0.228 e. The summed E-state index contributed by atoms with van der Waals surface area (Å²) in [5.74, 6) is 2.81. The zero-order valence-corrected chi connectivity index (χ0v) is 15.6. The fraction of sp³-hybridized carbons (Fsp3) is 0.350. The van der Waals surface area contributed by atoms with Crippen molar-refractivity contribution in [3.8, 4) is 11.5 Å². The molecule has 1 unspecified atom stereocenters. The van der Waals surface area contributed by atoms with Gasteiger partial charge in [0.15, 0.2) is 0 Å². The van der Waals surface area contributed by atoms with Gasteiger partial charge in [0, 0.05) is 12.3 Å². The molecule has 0 spiro atoms. The molecule has 0 bridgehead atoms. The molecule has 0 aromatic heterocycles. The maximum Gasteiger partial charge on any atom is 0.228 e. The number of ether oxygens (including phenoxy) is 2. The van der Waals surface area contributed by atoms with Crippen LogP contribution in [0.15, 0.2) is 42.5 Å². The molecule has 4 nitrogen and oxygen atoms in total. The molecule has 1 aliphatic heterocycles. The van der Waals surface area contributed by atoms with Crippen LogP contribution >= 0.6 is 11.8 Å². The van der Waals surface area contributed by atoms with Gasteiger partial charge in [-0.15, -0.1) is 11.8 Å². The number of thioether (sulfide) groups is 1. The highest BCUT2D eigenvalue weighted by Crippen LogP contribution is 2.38. The fourth-order valence-corrected chi connectivity index (χ4v) is 4.37. The van der Waals surface area contributed by atoms with Gasteiger partial charge in [-0.2, -0.15) is 0 Å². The summed E-state index contributed by atoms with van der Waals surface area (Å²) in [6.45, 7) is 2.79. The van der Waals surface area contributed by atoms with Crippen molar-refractivity contribution in [1.29, 1.82) is 0 Å². The van der Waals surface area contributed by atoms with Crippen LogP contribution in [0.25, 0.3) is 0 Å². The molecule has 3 rings (SSSR count). The molecule has 1 fully saturated rings. The number of methoxy groups -OCH3 is 2. The molecular formula is C20H23NO3S. The molecule has 132 valence electrons. The van der Waals surface area contributed by atoms with Crippen LogP contribution in [0.2, 0.25) is 0 Å². The summed E-state index contributed by atoms with van der Waals surface area (Å²) in [6.07, 6.45) is 0.415. The molecule has 2 aromatic rings. The standard InChI is InChI=1S/C20H23NO3S/c1-14-12-15(4-9-18(14)24-3)13-19(22)21-10-11-25-20(21)16-5-7-17(23-2)8-6-16/h4-9,12,20H,10-11,13H2,1-3H3. The van der Waals surface area contributed by atoms with Gasteiger partial charge in [-0.25, -0.2) is 0 Å². The van der Waals surface area contributed by atoms with Crippen LogP contribution in [-0.4, -0.2) is 37.3 Å². The summed E-state index contributed by atoms with van der Waals surface area (Å²) < 4.78 is 10.5. The second kappa shape index (κ2) is 7.83. The van der Waals surface area contributed by atoms with E-state index < -0.39 is 0 Å². The number of nitrogens with zero attached hydrogens (tertiary/aromatic N) is 1. The van der Waals surface area contributed by atoms with E-state index in [-0.39, 0.29) is 11.3 Å². The number of benzene rings is 2. The van der Waals surface area contributed by atoms with E-state index in [0.29, 0.717) is 6.42 Å². The molecule has 1 amide bonds. The number of hydrogen-bond acceptors (Lipinski definition) is 4. The van der Waals surface area contributed by atoms with Gasteiger partial charge in [0.05, 0.1) is 20.6 Å². The van der Waals surface area contributed by atoms with E-state index in [1.54, 1.807) is 14.2 Å². The Hall–Kier alpha value is -2.14. The van der Waals surface area contributed by atoms with Gasteiger partial charge < -0.3 is 14.4 Å². The van der Waals surface area contributed by atoms with E-state index in [2.05, 4.69) is 0 Å². The van der Waals surface area contributed by atoms with E-state index in [4.69, 9.17) is 9.47 Å². The highest BCUT2D eigenvalue weighted by atomic mass is 32.2. The van der Waals surface area contributed by atoms with E-state index in [9.17, 15) is 4.79 Å². The molecule has 0 radical (unpaired) electrons. The number of rotatable bonds is 5. The number of amides is 1.